The van der Waals surface area contributed by atoms with Gasteiger partial charge in [0.1, 0.15) is 29.9 Å². The zero-order chi connectivity index (χ0) is 20.5. The van der Waals surface area contributed by atoms with Gasteiger partial charge in [0.25, 0.3) is 0 Å². The second-order valence-electron chi connectivity index (χ2n) is 6.57. The fraction of sp³-hybridized carbons (Fsp3) is 0.278. The van der Waals surface area contributed by atoms with E-state index in [1.54, 1.807) is 6.92 Å². The quantitative estimate of drug-likeness (QED) is 0.670. The molecule has 0 fully saturated rings. The molecule has 0 amide bonds. The van der Waals surface area contributed by atoms with Gasteiger partial charge < -0.3 is 5.11 Å². The molecule has 2 atom stereocenters. The maximum absolute atomic E-state index is 14.5. The lowest BCUT2D eigenvalue weighted by molar-refractivity contribution is -0.0113. The van der Waals surface area contributed by atoms with Crippen molar-refractivity contribution in [1.82, 2.24) is 19.7 Å². The maximum Gasteiger partial charge on any atom is 0.192 e. The fourth-order valence-corrected chi connectivity index (χ4v) is 3.56. The molecule has 1 N–H and O–H groups in total. The Hall–Kier alpha value is -2.72. The van der Waals surface area contributed by atoms with Crippen LogP contribution in [0, 0.1) is 11.6 Å². The summed E-state index contributed by atoms with van der Waals surface area (Å²) >= 11 is 0. The lowest BCUT2D eigenvalue weighted by atomic mass is 9.78. The summed E-state index contributed by atoms with van der Waals surface area (Å²) in [6, 6.07) is 5.75. The molecule has 0 spiro atoms. The minimum atomic E-state index is -3.48. The number of aliphatic hydroxyl groups is 1. The standard InChI is InChI=1S/C18H18F2N4O3S/c1-12(13-3-6-17(22-8-13)28(2,26)27)18(25,9-24-11-21-10-23-24)15-5-4-14(19)7-16(15)20/h3-8,10-12,25H,9H2,1-2H3. The number of sulfone groups is 1. The molecule has 0 aliphatic rings. The minimum Gasteiger partial charge on any atom is -0.382 e. The highest BCUT2D eigenvalue weighted by atomic mass is 32.2. The van der Waals surface area contributed by atoms with Gasteiger partial charge in [-0.2, -0.15) is 5.10 Å². The molecule has 0 bridgehead atoms. The molecular formula is C18H18F2N4O3S. The van der Waals surface area contributed by atoms with Gasteiger partial charge in [-0.15, -0.1) is 0 Å². The van der Waals surface area contributed by atoms with Crippen LogP contribution in [-0.2, 0) is 22.0 Å². The van der Waals surface area contributed by atoms with Gasteiger partial charge in [-0.1, -0.05) is 19.1 Å². The van der Waals surface area contributed by atoms with Crippen molar-refractivity contribution in [3.8, 4) is 0 Å². The summed E-state index contributed by atoms with van der Waals surface area (Å²) in [5.41, 5.74) is -1.48. The number of hydrogen-bond acceptors (Lipinski definition) is 6. The summed E-state index contributed by atoms with van der Waals surface area (Å²) in [5.74, 6) is -2.41. The van der Waals surface area contributed by atoms with E-state index >= 15 is 0 Å². The highest BCUT2D eigenvalue weighted by Crippen LogP contribution is 2.39. The molecule has 3 aromatic rings. The highest BCUT2D eigenvalue weighted by Gasteiger charge is 2.40. The van der Waals surface area contributed by atoms with Crippen molar-refractivity contribution in [1.29, 1.82) is 0 Å². The van der Waals surface area contributed by atoms with Crippen LogP contribution in [0.1, 0.15) is 24.0 Å². The van der Waals surface area contributed by atoms with Crippen LogP contribution in [0.5, 0.6) is 0 Å². The summed E-state index contributed by atoms with van der Waals surface area (Å²) < 4.78 is 52.4. The van der Waals surface area contributed by atoms with Gasteiger partial charge in [0.05, 0.1) is 6.54 Å². The second-order valence-corrected chi connectivity index (χ2v) is 8.53. The molecule has 28 heavy (non-hydrogen) atoms. The first kappa shape index (κ1) is 20.0. The predicted molar refractivity (Wildman–Crippen MR) is 96.0 cm³/mol. The van der Waals surface area contributed by atoms with Gasteiger partial charge >= 0.3 is 0 Å². The number of nitrogens with zero attached hydrogens (tertiary/aromatic N) is 4. The van der Waals surface area contributed by atoms with Gasteiger partial charge in [-0.05, 0) is 17.7 Å². The van der Waals surface area contributed by atoms with Gasteiger partial charge in [-0.25, -0.2) is 31.8 Å². The first-order valence-corrected chi connectivity index (χ1v) is 10.2. The SMILES string of the molecule is CC(c1ccc(S(C)(=O)=O)nc1)C(O)(Cn1cncn1)c1ccc(F)cc1F. The fourth-order valence-electron chi connectivity index (χ4n) is 3.00. The van der Waals surface area contributed by atoms with Crippen LogP contribution in [0.25, 0.3) is 0 Å². The second kappa shape index (κ2) is 7.36. The predicted octanol–water partition coefficient (Wildman–Crippen LogP) is 2.05. The van der Waals surface area contributed by atoms with Crippen LogP contribution in [0.3, 0.4) is 0 Å². The number of halogens is 2. The van der Waals surface area contributed by atoms with E-state index in [9.17, 15) is 22.3 Å². The molecule has 0 radical (unpaired) electrons. The smallest absolute Gasteiger partial charge is 0.192 e. The summed E-state index contributed by atoms with van der Waals surface area (Å²) in [6.45, 7) is 1.47. The molecule has 10 heteroatoms. The molecular weight excluding hydrogens is 390 g/mol. The van der Waals surface area contributed by atoms with E-state index in [2.05, 4.69) is 15.1 Å². The van der Waals surface area contributed by atoms with E-state index in [4.69, 9.17) is 0 Å². The van der Waals surface area contributed by atoms with Crippen LogP contribution >= 0.6 is 0 Å². The Labute approximate surface area is 160 Å². The molecule has 1 aromatic carbocycles. The van der Waals surface area contributed by atoms with E-state index in [0.717, 1.165) is 12.3 Å². The van der Waals surface area contributed by atoms with Gasteiger partial charge in [-0.3, -0.25) is 0 Å². The van der Waals surface area contributed by atoms with Crippen molar-refractivity contribution in [2.24, 2.45) is 0 Å². The Kier molecular flexibility index (Phi) is 5.26. The van der Waals surface area contributed by atoms with Crippen LogP contribution in [0.15, 0.2) is 54.2 Å². The molecule has 0 saturated carbocycles. The number of pyridine rings is 1. The zero-order valence-corrected chi connectivity index (χ0v) is 15.9. The lowest BCUT2D eigenvalue weighted by Crippen LogP contribution is -2.38. The highest BCUT2D eigenvalue weighted by molar-refractivity contribution is 7.90. The molecule has 3 rings (SSSR count). The van der Waals surface area contributed by atoms with Crippen molar-refractivity contribution in [3.63, 3.8) is 0 Å². The average molecular weight is 408 g/mol. The molecule has 0 aliphatic heterocycles. The first-order valence-electron chi connectivity index (χ1n) is 8.27. The molecule has 2 unspecified atom stereocenters. The molecule has 2 heterocycles. The molecule has 2 aromatic heterocycles. The lowest BCUT2D eigenvalue weighted by Gasteiger charge is -2.35. The Morgan fingerprint density at radius 3 is 2.54 bits per heavy atom. The number of aromatic nitrogens is 4. The Morgan fingerprint density at radius 2 is 2.00 bits per heavy atom. The van der Waals surface area contributed by atoms with Gasteiger partial charge in [0, 0.05) is 30.0 Å². The maximum atomic E-state index is 14.5. The van der Waals surface area contributed by atoms with Crippen LogP contribution in [0.4, 0.5) is 8.78 Å². The molecule has 0 saturated heterocycles. The number of benzene rings is 1. The molecule has 148 valence electrons. The third kappa shape index (κ3) is 3.92. The van der Waals surface area contributed by atoms with Crippen molar-refractivity contribution in [2.75, 3.05) is 6.26 Å². The monoisotopic (exact) mass is 408 g/mol. The largest absolute Gasteiger partial charge is 0.382 e. The van der Waals surface area contributed by atoms with Crippen LogP contribution < -0.4 is 0 Å². The first-order chi connectivity index (χ1) is 13.1. The summed E-state index contributed by atoms with van der Waals surface area (Å²) in [7, 11) is -3.48. The third-order valence-corrected chi connectivity index (χ3v) is 5.62. The van der Waals surface area contributed by atoms with Crippen molar-refractivity contribution >= 4 is 9.84 Å². The van der Waals surface area contributed by atoms with E-state index in [1.165, 1.54) is 41.7 Å². The van der Waals surface area contributed by atoms with E-state index in [1.807, 2.05) is 0 Å². The van der Waals surface area contributed by atoms with Gasteiger partial charge in [0.2, 0.25) is 0 Å². The van der Waals surface area contributed by atoms with Crippen molar-refractivity contribution in [3.05, 3.63) is 71.9 Å². The van der Waals surface area contributed by atoms with Gasteiger partial charge in [0.15, 0.2) is 14.9 Å². The number of hydrogen-bond donors (Lipinski definition) is 1. The van der Waals surface area contributed by atoms with Crippen LogP contribution in [0.2, 0.25) is 0 Å². The zero-order valence-electron chi connectivity index (χ0n) is 15.1. The van der Waals surface area contributed by atoms with Crippen LogP contribution in [-0.4, -0.2) is 39.5 Å². The normalized spacial score (nSPS) is 15.2. The Balaban J connectivity index is 2.07. The summed E-state index contributed by atoms with van der Waals surface area (Å²) in [6.07, 6.45) is 4.99. The van der Waals surface area contributed by atoms with Crippen molar-refractivity contribution in [2.45, 2.75) is 30.0 Å². The minimum absolute atomic E-state index is 0.115. The van der Waals surface area contributed by atoms with E-state index in [-0.39, 0.29) is 17.1 Å². The Morgan fingerprint density at radius 1 is 1.25 bits per heavy atom. The molecule has 7 nitrogen and oxygen atoms in total. The molecule has 0 aliphatic carbocycles. The third-order valence-electron chi connectivity index (χ3n) is 4.62. The van der Waals surface area contributed by atoms with E-state index in [0.29, 0.717) is 11.6 Å². The van der Waals surface area contributed by atoms with E-state index < -0.39 is 33.0 Å². The summed E-state index contributed by atoms with van der Waals surface area (Å²) in [4.78, 5) is 7.74. The topological polar surface area (TPSA) is 98.0 Å². The van der Waals surface area contributed by atoms with Crippen molar-refractivity contribution < 1.29 is 22.3 Å². The number of rotatable bonds is 6. The average Bonchev–Trinajstić information content (AvgIpc) is 3.13. The summed E-state index contributed by atoms with van der Waals surface area (Å²) in [5, 5.41) is 15.3. The Bertz CT molecular complexity index is 1070.